The van der Waals surface area contributed by atoms with E-state index in [2.05, 4.69) is 0 Å². The van der Waals surface area contributed by atoms with Gasteiger partial charge >= 0.3 is 0 Å². The summed E-state index contributed by atoms with van der Waals surface area (Å²) < 4.78 is 58.1. The highest BCUT2D eigenvalue weighted by Gasteiger charge is 2.32. The van der Waals surface area contributed by atoms with Crippen LogP contribution in [-0.4, -0.2) is 49.7 Å². The van der Waals surface area contributed by atoms with Gasteiger partial charge in [0, 0.05) is 32.2 Å². The van der Waals surface area contributed by atoms with Crippen molar-refractivity contribution in [3.8, 4) is 0 Å². The summed E-state index contributed by atoms with van der Waals surface area (Å²) in [6.07, 6.45) is 1.31. The van der Waals surface area contributed by atoms with Crippen molar-refractivity contribution >= 4 is 28.3 Å². The lowest BCUT2D eigenvalue weighted by atomic mass is 10.2. The minimum atomic E-state index is -4.10. The van der Waals surface area contributed by atoms with Crippen molar-refractivity contribution in [2.45, 2.75) is 11.4 Å². The van der Waals surface area contributed by atoms with Crippen LogP contribution in [0.2, 0.25) is 0 Å². The zero-order chi connectivity index (χ0) is 18.9. The number of rotatable bonds is 4. The van der Waals surface area contributed by atoms with Crippen LogP contribution in [0.4, 0.5) is 8.78 Å². The van der Waals surface area contributed by atoms with E-state index < -0.39 is 26.6 Å². The van der Waals surface area contributed by atoms with E-state index >= 15 is 0 Å². The summed E-state index contributed by atoms with van der Waals surface area (Å²) in [5.74, 6) is -1.81. The predicted molar refractivity (Wildman–Crippen MR) is 94.9 cm³/mol. The highest BCUT2D eigenvalue weighted by atomic mass is 35.5. The van der Waals surface area contributed by atoms with E-state index in [1.807, 2.05) is 0 Å². The molecule has 27 heavy (non-hydrogen) atoms. The van der Waals surface area contributed by atoms with Crippen molar-refractivity contribution in [1.29, 1.82) is 0 Å². The molecule has 1 amide bonds. The summed E-state index contributed by atoms with van der Waals surface area (Å²) in [4.78, 5) is 13.3. The van der Waals surface area contributed by atoms with Crippen LogP contribution in [0.25, 0.3) is 0 Å². The molecular formula is C16H18ClF2N3O4S. The summed E-state index contributed by atoms with van der Waals surface area (Å²) in [7, 11) is -4.10. The Hall–Kier alpha value is -2.01. The molecule has 0 saturated carbocycles. The molecule has 1 saturated heterocycles. The summed E-state index contributed by atoms with van der Waals surface area (Å²) in [5, 5.41) is 0. The molecule has 0 aliphatic carbocycles. The third-order valence-electron chi connectivity index (χ3n) is 4.14. The van der Waals surface area contributed by atoms with Crippen molar-refractivity contribution in [3.63, 3.8) is 0 Å². The van der Waals surface area contributed by atoms with Gasteiger partial charge in [-0.25, -0.2) is 17.2 Å². The minimum Gasteiger partial charge on any atom is -0.467 e. The quantitative estimate of drug-likeness (QED) is 0.808. The first-order chi connectivity index (χ1) is 12.3. The zero-order valence-corrected chi connectivity index (χ0v) is 15.7. The van der Waals surface area contributed by atoms with Gasteiger partial charge in [-0.1, -0.05) is 0 Å². The summed E-state index contributed by atoms with van der Waals surface area (Å²) >= 11 is 0. The number of hydrogen-bond acceptors (Lipinski definition) is 5. The molecule has 0 spiro atoms. The lowest BCUT2D eigenvalue weighted by Gasteiger charge is -2.33. The molecule has 1 fully saturated rings. The molecule has 0 bridgehead atoms. The SMILES string of the molecule is Cl.NCc1cc(C(=O)N2CCN(S(=O)(=O)c3ccc(F)cc3F)CC2)co1. The number of carbonyl (C=O) groups is 1. The fraction of sp³-hybridized carbons (Fsp3) is 0.312. The molecule has 0 unspecified atom stereocenters. The normalized spacial score (nSPS) is 15.4. The van der Waals surface area contributed by atoms with E-state index in [0.29, 0.717) is 17.4 Å². The molecule has 1 aliphatic rings. The van der Waals surface area contributed by atoms with Gasteiger partial charge < -0.3 is 15.1 Å². The van der Waals surface area contributed by atoms with Crippen LogP contribution >= 0.6 is 12.4 Å². The van der Waals surface area contributed by atoms with Gasteiger partial charge in [0.2, 0.25) is 10.0 Å². The smallest absolute Gasteiger partial charge is 0.257 e. The van der Waals surface area contributed by atoms with Gasteiger partial charge in [-0.05, 0) is 18.2 Å². The lowest BCUT2D eigenvalue weighted by Crippen LogP contribution is -2.50. The number of furan rings is 1. The van der Waals surface area contributed by atoms with Crippen LogP contribution in [0.5, 0.6) is 0 Å². The van der Waals surface area contributed by atoms with Gasteiger partial charge in [-0.2, -0.15) is 4.31 Å². The van der Waals surface area contributed by atoms with Gasteiger partial charge in [0.1, 0.15) is 28.6 Å². The first-order valence-corrected chi connectivity index (χ1v) is 9.29. The third-order valence-corrected chi connectivity index (χ3v) is 6.07. The van der Waals surface area contributed by atoms with Gasteiger partial charge in [0.05, 0.1) is 12.1 Å². The summed E-state index contributed by atoms with van der Waals surface area (Å²) in [6.45, 7) is 0.468. The van der Waals surface area contributed by atoms with Crippen molar-refractivity contribution < 1.29 is 26.4 Å². The number of nitrogens with zero attached hydrogens (tertiary/aromatic N) is 2. The van der Waals surface area contributed by atoms with Crippen molar-refractivity contribution in [1.82, 2.24) is 9.21 Å². The van der Waals surface area contributed by atoms with Crippen LogP contribution in [0.3, 0.4) is 0 Å². The first kappa shape index (κ1) is 21.3. The van der Waals surface area contributed by atoms with Crippen LogP contribution in [0, 0.1) is 11.6 Å². The van der Waals surface area contributed by atoms with E-state index in [1.54, 1.807) is 6.07 Å². The summed E-state index contributed by atoms with van der Waals surface area (Å²) in [6, 6.07) is 3.86. The fourth-order valence-corrected chi connectivity index (χ4v) is 4.21. The highest BCUT2D eigenvalue weighted by Crippen LogP contribution is 2.22. The second kappa shape index (κ2) is 8.34. The Labute approximate surface area is 161 Å². The molecule has 7 nitrogen and oxygen atoms in total. The van der Waals surface area contributed by atoms with E-state index in [1.165, 1.54) is 11.2 Å². The Bertz CT molecular complexity index is 927. The molecule has 148 valence electrons. The lowest BCUT2D eigenvalue weighted by molar-refractivity contribution is 0.0697. The predicted octanol–water partition coefficient (Wildman–Crippen LogP) is 1.59. The Balaban J connectivity index is 0.00000261. The van der Waals surface area contributed by atoms with E-state index in [0.717, 1.165) is 16.4 Å². The first-order valence-electron chi connectivity index (χ1n) is 7.85. The molecule has 2 heterocycles. The Kier molecular flexibility index (Phi) is 6.58. The topological polar surface area (TPSA) is 96.9 Å². The number of halogens is 3. The molecule has 2 aromatic rings. The van der Waals surface area contributed by atoms with E-state index in [4.69, 9.17) is 10.2 Å². The largest absolute Gasteiger partial charge is 0.467 e. The van der Waals surface area contributed by atoms with Gasteiger partial charge in [0.25, 0.3) is 5.91 Å². The van der Waals surface area contributed by atoms with Gasteiger partial charge in [-0.3, -0.25) is 4.79 Å². The van der Waals surface area contributed by atoms with Crippen LogP contribution < -0.4 is 5.73 Å². The minimum absolute atomic E-state index is 0. The Morgan fingerprint density at radius 2 is 1.81 bits per heavy atom. The maximum atomic E-state index is 13.8. The number of amides is 1. The molecule has 2 N–H and O–H groups in total. The summed E-state index contributed by atoms with van der Waals surface area (Å²) in [5.41, 5.74) is 5.78. The average Bonchev–Trinajstić information content (AvgIpc) is 3.10. The average molecular weight is 422 g/mol. The number of hydrogen-bond donors (Lipinski definition) is 1. The van der Waals surface area contributed by atoms with Crippen LogP contribution in [-0.2, 0) is 16.6 Å². The monoisotopic (exact) mass is 421 g/mol. The number of nitrogens with two attached hydrogens (primary N) is 1. The maximum Gasteiger partial charge on any atom is 0.257 e. The number of benzene rings is 1. The number of sulfonamides is 1. The maximum absolute atomic E-state index is 13.8. The molecule has 0 atom stereocenters. The molecule has 1 aliphatic heterocycles. The molecule has 1 aromatic carbocycles. The Morgan fingerprint density at radius 3 is 2.37 bits per heavy atom. The highest BCUT2D eigenvalue weighted by molar-refractivity contribution is 7.89. The third kappa shape index (κ3) is 4.29. The van der Waals surface area contributed by atoms with Crippen LogP contribution in [0.15, 0.2) is 39.8 Å². The molecular weight excluding hydrogens is 404 g/mol. The second-order valence-corrected chi connectivity index (χ2v) is 7.68. The van der Waals surface area contributed by atoms with E-state index in [-0.39, 0.29) is 51.0 Å². The fourth-order valence-electron chi connectivity index (χ4n) is 2.74. The number of carbonyl (C=O) groups excluding carboxylic acids is 1. The number of piperazine rings is 1. The molecule has 1 aromatic heterocycles. The van der Waals surface area contributed by atoms with Crippen molar-refractivity contribution in [2.24, 2.45) is 5.73 Å². The molecule has 11 heteroatoms. The van der Waals surface area contributed by atoms with Crippen molar-refractivity contribution in [2.75, 3.05) is 26.2 Å². The standard InChI is InChI=1S/C16H17F2N3O4S.ClH/c17-12-1-2-15(14(18)8-12)26(23,24)21-5-3-20(4-6-21)16(22)11-7-13(9-19)25-10-11;/h1-2,7-8,10H,3-6,9,19H2;1H. The van der Waals surface area contributed by atoms with Gasteiger partial charge in [-0.15, -0.1) is 12.4 Å². The zero-order valence-electron chi connectivity index (χ0n) is 14.1. The Morgan fingerprint density at radius 1 is 1.15 bits per heavy atom. The van der Waals surface area contributed by atoms with Crippen molar-refractivity contribution in [3.05, 3.63) is 53.5 Å². The molecule has 3 rings (SSSR count). The van der Waals surface area contributed by atoms with E-state index in [9.17, 15) is 22.0 Å². The van der Waals surface area contributed by atoms with Gasteiger partial charge in [0.15, 0.2) is 0 Å². The second-order valence-electron chi connectivity index (χ2n) is 5.78. The molecule has 0 radical (unpaired) electrons. The van der Waals surface area contributed by atoms with Crippen LogP contribution in [0.1, 0.15) is 16.1 Å².